The Balaban J connectivity index is 1.29. The number of carbonyl (C=O) groups is 4. The third kappa shape index (κ3) is 4.21. The molecule has 2 N–H and O–H groups in total. The molecule has 12 heteroatoms. The monoisotopic (exact) mass is 559 g/mol. The Bertz CT molecular complexity index is 1290. The normalized spacial score (nSPS) is 29.2. The molecule has 5 rings (SSSR count). The van der Waals surface area contributed by atoms with Crippen LogP contribution in [0.1, 0.15) is 50.7 Å². The molecule has 12 nitrogen and oxygen atoms in total. The minimum Gasteiger partial charge on any atom is -0.493 e. The number of aliphatic carboxylic acids is 1. The molecular formula is C28H33NO11. The van der Waals surface area contributed by atoms with E-state index in [1.54, 1.807) is 13.2 Å². The van der Waals surface area contributed by atoms with Crippen LogP contribution in [-0.2, 0) is 45.2 Å². The first-order valence-corrected chi connectivity index (χ1v) is 13.3. The van der Waals surface area contributed by atoms with Gasteiger partial charge < -0.3 is 38.8 Å². The number of hydrogen-bond acceptors (Lipinski definition) is 11. The number of rotatable bonds is 9. The number of benzene rings is 1. The molecule has 0 unspecified atom stereocenters. The van der Waals surface area contributed by atoms with Gasteiger partial charge in [-0.1, -0.05) is 6.07 Å². The first kappa shape index (κ1) is 27.9. The van der Waals surface area contributed by atoms with Crippen molar-refractivity contribution in [2.75, 3.05) is 20.7 Å². The Kier molecular flexibility index (Phi) is 7.03. The van der Waals surface area contributed by atoms with Gasteiger partial charge in [0.25, 0.3) is 0 Å². The molecule has 1 fully saturated rings. The molecule has 0 saturated carbocycles. The van der Waals surface area contributed by atoms with Crippen molar-refractivity contribution >= 4 is 23.9 Å². The zero-order chi connectivity index (χ0) is 29.0. The number of esters is 3. The number of carboxylic acid groups (broad SMARTS) is 1. The molecule has 2 bridgehead atoms. The molecule has 2 heterocycles. The van der Waals surface area contributed by atoms with Gasteiger partial charge in [0.1, 0.15) is 5.76 Å². The molecule has 4 aliphatic rings. The van der Waals surface area contributed by atoms with E-state index >= 15 is 0 Å². The fraction of sp³-hybridized carbons (Fsp3) is 0.571. The van der Waals surface area contributed by atoms with Crippen molar-refractivity contribution in [2.45, 2.75) is 81.3 Å². The van der Waals surface area contributed by atoms with Gasteiger partial charge in [0.2, 0.25) is 0 Å². The highest BCUT2D eigenvalue weighted by Crippen LogP contribution is 2.65. The van der Waals surface area contributed by atoms with Crippen LogP contribution in [-0.4, -0.2) is 89.6 Å². The van der Waals surface area contributed by atoms with Crippen molar-refractivity contribution in [1.29, 1.82) is 0 Å². The topological polar surface area (TPSA) is 158 Å². The summed E-state index contributed by atoms with van der Waals surface area (Å²) in [6, 6.07) is 3.71. The van der Waals surface area contributed by atoms with E-state index in [1.165, 1.54) is 13.8 Å². The first-order valence-electron chi connectivity index (χ1n) is 13.3. The Hall–Kier alpha value is -3.64. The van der Waals surface area contributed by atoms with E-state index in [4.69, 9.17) is 28.8 Å². The number of likely N-dealkylation sites (tertiary alicyclic amines) is 1. The summed E-state index contributed by atoms with van der Waals surface area (Å²) in [5, 5.41) is 21.1. The van der Waals surface area contributed by atoms with Crippen LogP contribution in [0.3, 0.4) is 0 Å². The molecule has 1 spiro atoms. The zero-order valence-corrected chi connectivity index (χ0v) is 22.8. The average Bonchev–Trinajstić information content (AvgIpc) is 3.26. The molecule has 0 aromatic heterocycles. The quantitative estimate of drug-likeness (QED) is 0.330. The number of likely N-dealkylation sites (N-methyl/N-ethyl adjacent to an activating group) is 1. The molecule has 6 atom stereocenters. The van der Waals surface area contributed by atoms with Gasteiger partial charge in [-0.25, -0.2) is 9.59 Å². The summed E-state index contributed by atoms with van der Waals surface area (Å²) < 4.78 is 27.4. The molecule has 1 aromatic carbocycles. The van der Waals surface area contributed by atoms with Crippen LogP contribution in [0.5, 0.6) is 11.5 Å². The predicted molar refractivity (Wildman–Crippen MR) is 136 cm³/mol. The van der Waals surface area contributed by atoms with E-state index < -0.39 is 53.2 Å². The van der Waals surface area contributed by atoms with Crippen molar-refractivity contribution in [2.24, 2.45) is 0 Å². The Morgan fingerprint density at radius 1 is 1.12 bits per heavy atom. The van der Waals surface area contributed by atoms with Gasteiger partial charge in [0.15, 0.2) is 29.8 Å². The summed E-state index contributed by atoms with van der Waals surface area (Å²) in [6.07, 6.45) is -1.00. The summed E-state index contributed by atoms with van der Waals surface area (Å²) in [5.74, 6) is -2.53. The number of nitrogens with zero attached hydrogens (tertiary/aromatic N) is 1. The predicted octanol–water partition coefficient (Wildman–Crippen LogP) is 1.24. The maximum absolute atomic E-state index is 12.8. The molecule has 0 amide bonds. The summed E-state index contributed by atoms with van der Waals surface area (Å²) in [5.41, 5.74) is 0.0124. The number of methoxy groups -OCH3 is 1. The second kappa shape index (κ2) is 10.1. The maximum Gasteiger partial charge on any atom is 0.347 e. The number of hydrogen-bond donors (Lipinski definition) is 2. The number of carboxylic acids is 1. The molecule has 0 radical (unpaired) electrons. The standard InChI is InChI=1S/C28H33NO11/c1-14(25(32)33)38-26(34)15(2)37-20(30)7-8-21(31)39-18-9-10-28(35)19-13-16-5-6-17(36-4)23-22(16)27(28,24(18)40-23)11-12-29(19)3/h5-6,9,14-15,19,24,35H,7-8,10-13H2,1-4H3,(H,32,33)/t14-,15-,19-,24+,27+,28-/m0/s1. The lowest BCUT2D eigenvalue weighted by molar-refractivity contribution is -0.175. The van der Waals surface area contributed by atoms with Crippen molar-refractivity contribution < 1.29 is 53.1 Å². The SMILES string of the molecule is COc1ccc2c3c1O[C@@H]1C(OC(=O)CCC(=O)O[C@@H](C)C(=O)O[C@@H](C)C(=O)O)=CC[C@]4(O)[C@H](C2)N(C)CC[C@@]314. The van der Waals surface area contributed by atoms with Crippen molar-refractivity contribution in [3.63, 3.8) is 0 Å². The van der Waals surface area contributed by atoms with Crippen molar-refractivity contribution in [3.05, 3.63) is 35.1 Å². The van der Waals surface area contributed by atoms with Gasteiger partial charge in [-0.05, 0) is 58.0 Å². The van der Waals surface area contributed by atoms with Gasteiger partial charge in [0, 0.05) is 18.0 Å². The van der Waals surface area contributed by atoms with Crippen LogP contribution in [0, 0.1) is 0 Å². The second-order valence-corrected chi connectivity index (χ2v) is 10.8. The molecule has 40 heavy (non-hydrogen) atoms. The maximum atomic E-state index is 12.8. The number of aliphatic hydroxyl groups is 1. The van der Waals surface area contributed by atoms with E-state index in [-0.39, 0.29) is 31.1 Å². The fourth-order valence-electron chi connectivity index (χ4n) is 6.60. The number of carbonyl (C=O) groups excluding carboxylic acids is 3. The summed E-state index contributed by atoms with van der Waals surface area (Å²) in [7, 11) is 3.55. The second-order valence-electron chi connectivity index (χ2n) is 10.8. The van der Waals surface area contributed by atoms with E-state index in [9.17, 15) is 24.3 Å². The van der Waals surface area contributed by atoms with Crippen LogP contribution in [0.4, 0.5) is 0 Å². The molecule has 2 aliphatic heterocycles. The summed E-state index contributed by atoms with van der Waals surface area (Å²) in [6.45, 7) is 3.15. The Morgan fingerprint density at radius 3 is 2.55 bits per heavy atom. The molecule has 1 saturated heterocycles. The largest absolute Gasteiger partial charge is 0.493 e. The lowest BCUT2D eigenvalue weighted by Gasteiger charge is -2.61. The van der Waals surface area contributed by atoms with E-state index in [1.807, 2.05) is 19.2 Å². The van der Waals surface area contributed by atoms with Gasteiger partial charge in [0.05, 0.1) is 31.0 Å². The van der Waals surface area contributed by atoms with E-state index in [2.05, 4.69) is 4.90 Å². The Labute approximate surface area is 230 Å². The summed E-state index contributed by atoms with van der Waals surface area (Å²) in [4.78, 5) is 50.0. The third-order valence-corrected chi connectivity index (χ3v) is 8.60. The summed E-state index contributed by atoms with van der Waals surface area (Å²) >= 11 is 0. The van der Waals surface area contributed by atoms with Crippen LogP contribution < -0.4 is 9.47 Å². The van der Waals surface area contributed by atoms with Crippen LogP contribution in [0.2, 0.25) is 0 Å². The van der Waals surface area contributed by atoms with Crippen LogP contribution >= 0.6 is 0 Å². The minimum atomic E-state index is -1.39. The fourth-order valence-corrected chi connectivity index (χ4v) is 6.60. The number of ether oxygens (including phenoxy) is 5. The van der Waals surface area contributed by atoms with Gasteiger partial charge >= 0.3 is 23.9 Å². The van der Waals surface area contributed by atoms with Crippen molar-refractivity contribution in [1.82, 2.24) is 4.90 Å². The van der Waals surface area contributed by atoms with Crippen molar-refractivity contribution in [3.8, 4) is 11.5 Å². The van der Waals surface area contributed by atoms with Gasteiger partial charge in [-0.15, -0.1) is 0 Å². The lowest BCUT2D eigenvalue weighted by atomic mass is 9.50. The molecule has 2 aliphatic carbocycles. The smallest absolute Gasteiger partial charge is 0.347 e. The van der Waals surface area contributed by atoms with Gasteiger partial charge in [-0.2, -0.15) is 0 Å². The average molecular weight is 560 g/mol. The lowest BCUT2D eigenvalue weighted by Crippen LogP contribution is -2.74. The highest BCUT2D eigenvalue weighted by Gasteiger charge is 2.72. The van der Waals surface area contributed by atoms with E-state index in [0.29, 0.717) is 24.3 Å². The van der Waals surface area contributed by atoms with Crippen LogP contribution in [0.25, 0.3) is 0 Å². The highest BCUT2D eigenvalue weighted by molar-refractivity contribution is 5.83. The minimum absolute atomic E-state index is 0.144. The third-order valence-electron chi connectivity index (χ3n) is 8.60. The van der Waals surface area contributed by atoms with E-state index in [0.717, 1.165) is 17.7 Å². The molecule has 1 aromatic rings. The molecule has 216 valence electrons. The Morgan fingerprint density at radius 2 is 1.85 bits per heavy atom. The van der Waals surface area contributed by atoms with Crippen LogP contribution in [0.15, 0.2) is 24.0 Å². The number of piperidine rings is 1. The zero-order valence-electron chi connectivity index (χ0n) is 22.8. The first-order chi connectivity index (χ1) is 18.9. The highest BCUT2D eigenvalue weighted by atomic mass is 16.6. The van der Waals surface area contributed by atoms with Gasteiger partial charge in [-0.3, -0.25) is 9.59 Å². The molecular weight excluding hydrogens is 526 g/mol.